The quantitative estimate of drug-likeness (QED) is 0.764. The van der Waals surface area contributed by atoms with E-state index < -0.39 is 0 Å². The molecule has 0 radical (unpaired) electrons. The maximum absolute atomic E-state index is 11.4. The molecule has 0 saturated heterocycles. The summed E-state index contributed by atoms with van der Waals surface area (Å²) in [5.74, 6) is 1.84. The standard InChI is InChI=1S/C11H17ClN4O/c1-15(11(17)7-12)8-10-14-13-9-5-3-2-4-6-16(9)10/h2-8H2,1H3. The Morgan fingerprint density at radius 1 is 1.41 bits per heavy atom. The van der Waals surface area contributed by atoms with Gasteiger partial charge in [0.15, 0.2) is 5.82 Å². The van der Waals surface area contributed by atoms with E-state index in [1.807, 2.05) is 0 Å². The van der Waals surface area contributed by atoms with Crippen LogP contribution >= 0.6 is 11.6 Å². The summed E-state index contributed by atoms with van der Waals surface area (Å²) < 4.78 is 2.14. The van der Waals surface area contributed by atoms with E-state index in [0.29, 0.717) is 6.54 Å². The molecule has 0 saturated carbocycles. The monoisotopic (exact) mass is 256 g/mol. The summed E-state index contributed by atoms with van der Waals surface area (Å²) in [6.45, 7) is 1.44. The van der Waals surface area contributed by atoms with Crippen molar-refractivity contribution in [1.82, 2.24) is 19.7 Å². The van der Waals surface area contributed by atoms with Crippen LogP contribution in [-0.4, -0.2) is 38.5 Å². The summed E-state index contributed by atoms with van der Waals surface area (Å²) >= 11 is 5.52. The van der Waals surface area contributed by atoms with Crippen molar-refractivity contribution in [3.05, 3.63) is 11.6 Å². The Morgan fingerprint density at radius 3 is 3.00 bits per heavy atom. The number of carbonyl (C=O) groups is 1. The third kappa shape index (κ3) is 2.77. The second kappa shape index (κ2) is 5.49. The molecule has 0 aromatic carbocycles. The number of fused-ring (bicyclic) bond motifs is 1. The zero-order chi connectivity index (χ0) is 12.3. The van der Waals surface area contributed by atoms with E-state index in [1.165, 1.54) is 12.8 Å². The number of aryl methyl sites for hydroxylation is 1. The van der Waals surface area contributed by atoms with Crippen LogP contribution in [0.1, 0.15) is 30.9 Å². The van der Waals surface area contributed by atoms with Crippen LogP contribution in [0, 0.1) is 0 Å². The Morgan fingerprint density at radius 2 is 2.24 bits per heavy atom. The fraction of sp³-hybridized carbons (Fsp3) is 0.727. The van der Waals surface area contributed by atoms with E-state index in [4.69, 9.17) is 11.6 Å². The lowest BCUT2D eigenvalue weighted by atomic mass is 10.2. The van der Waals surface area contributed by atoms with E-state index in [0.717, 1.165) is 31.0 Å². The molecule has 0 bridgehead atoms. The maximum atomic E-state index is 11.4. The first-order valence-corrected chi connectivity index (χ1v) is 6.46. The van der Waals surface area contributed by atoms with Crippen LogP contribution in [0.4, 0.5) is 0 Å². The molecule has 0 unspecified atom stereocenters. The number of carbonyl (C=O) groups excluding carboxylic acids is 1. The lowest BCUT2D eigenvalue weighted by Gasteiger charge is -2.16. The molecule has 0 spiro atoms. The minimum atomic E-state index is -0.0855. The number of aromatic nitrogens is 3. The van der Waals surface area contributed by atoms with Gasteiger partial charge in [-0.2, -0.15) is 0 Å². The van der Waals surface area contributed by atoms with Crippen LogP contribution in [0.5, 0.6) is 0 Å². The molecule has 1 aliphatic heterocycles. The number of hydrogen-bond donors (Lipinski definition) is 0. The molecule has 1 aromatic heterocycles. The van der Waals surface area contributed by atoms with Gasteiger partial charge in [-0.15, -0.1) is 21.8 Å². The van der Waals surface area contributed by atoms with Crippen LogP contribution < -0.4 is 0 Å². The molecule has 0 aliphatic carbocycles. The summed E-state index contributed by atoms with van der Waals surface area (Å²) in [6.07, 6.45) is 4.55. The van der Waals surface area contributed by atoms with Gasteiger partial charge >= 0.3 is 0 Å². The van der Waals surface area contributed by atoms with Crippen molar-refractivity contribution in [1.29, 1.82) is 0 Å². The highest BCUT2D eigenvalue weighted by Gasteiger charge is 2.17. The Balaban J connectivity index is 2.11. The number of amides is 1. The number of halogens is 1. The average molecular weight is 257 g/mol. The molecule has 0 fully saturated rings. The molecule has 94 valence electrons. The van der Waals surface area contributed by atoms with Crippen LogP contribution in [-0.2, 0) is 24.3 Å². The van der Waals surface area contributed by atoms with Gasteiger partial charge in [0, 0.05) is 20.0 Å². The van der Waals surface area contributed by atoms with Gasteiger partial charge < -0.3 is 9.47 Å². The minimum absolute atomic E-state index is 0.0114. The highest BCUT2D eigenvalue weighted by molar-refractivity contribution is 6.27. The van der Waals surface area contributed by atoms with Gasteiger partial charge in [0.2, 0.25) is 5.91 Å². The number of alkyl halides is 1. The number of nitrogens with zero attached hydrogens (tertiary/aromatic N) is 4. The second-order valence-electron chi connectivity index (χ2n) is 4.38. The third-order valence-electron chi connectivity index (χ3n) is 3.10. The van der Waals surface area contributed by atoms with E-state index in [-0.39, 0.29) is 11.8 Å². The molecular weight excluding hydrogens is 240 g/mol. The molecule has 1 aromatic rings. The molecule has 17 heavy (non-hydrogen) atoms. The molecule has 0 N–H and O–H groups in total. The van der Waals surface area contributed by atoms with Gasteiger partial charge in [-0.1, -0.05) is 6.42 Å². The number of rotatable bonds is 3. The van der Waals surface area contributed by atoms with Crippen molar-refractivity contribution in [3.63, 3.8) is 0 Å². The second-order valence-corrected chi connectivity index (χ2v) is 4.65. The summed E-state index contributed by atoms with van der Waals surface area (Å²) in [4.78, 5) is 13.0. The zero-order valence-corrected chi connectivity index (χ0v) is 10.8. The largest absolute Gasteiger partial charge is 0.337 e. The van der Waals surface area contributed by atoms with Crippen molar-refractivity contribution < 1.29 is 4.79 Å². The maximum Gasteiger partial charge on any atom is 0.237 e. The molecule has 2 heterocycles. The first kappa shape index (κ1) is 12.4. The summed E-state index contributed by atoms with van der Waals surface area (Å²) in [5.41, 5.74) is 0. The van der Waals surface area contributed by atoms with Gasteiger partial charge in [-0.3, -0.25) is 4.79 Å². The van der Waals surface area contributed by atoms with E-state index >= 15 is 0 Å². The topological polar surface area (TPSA) is 51.0 Å². The van der Waals surface area contributed by atoms with Crippen LogP contribution in [0.2, 0.25) is 0 Å². The average Bonchev–Trinajstić information content (AvgIpc) is 2.58. The zero-order valence-electron chi connectivity index (χ0n) is 10.0. The summed E-state index contributed by atoms with van der Waals surface area (Å²) in [5, 5.41) is 8.37. The summed E-state index contributed by atoms with van der Waals surface area (Å²) in [7, 11) is 1.74. The first-order valence-electron chi connectivity index (χ1n) is 5.93. The van der Waals surface area contributed by atoms with E-state index in [1.54, 1.807) is 11.9 Å². The Labute approximate surface area is 106 Å². The number of hydrogen-bond acceptors (Lipinski definition) is 3. The molecular formula is C11H17ClN4O. The summed E-state index contributed by atoms with van der Waals surface area (Å²) in [6, 6.07) is 0. The van der Waals surface area contributed by atoms with Gasteiger partial charge in [0.05, 0.1) is 6.54 Å². The van der Waals surface area contributed by atoms with Crippen molar-refractivity contribution in [2.45, 2.75) is 38.8 Å². The molecule has 2 rings (SSSR count). The smallest absolute Gasteiger partial charge is 0.237 e. The minimum Gasteiger partial charge on any atom is -0.337 e. The first-order chi connectivity index (χ1) is 8.22. The van der Waals surface area contributed by atoms with Gasteiger partial charge in [0.25, 0.3) is 0 Å². The van der Waals surface area contributed by atoms with Gasteiger partial charge in [0.1, 0.15) is 11.7 Å². The lowest BCUT2D eigenvalue weighted by molar-refractivity contribution is -0.127. The van der Waals surface area contributed by atoms with Crippen LogP contribution in [0.3, 0.4) is 0 Å². The van der Waals surface area contributed by atoms with Crippen LogP contribution in [0.15, 0.2) is 0 Å². The highest BCUT2D eigenvalue weighted by Crippen LogP contribution is 2.15. The fourth-order valence-corrected chi connectivity index (χ4v) is 2.27. The fourth-order valence-electron chi connectivity index (χ4n) is 2.06. The normalized spacial score (nSPS) is 15.2. The van der Waals surface area contributed by atoms with Crippen molar-refractivity contribution in [3.8, 4) is 0 Å². The van der Waals surface area contributed by atoms with Crippen LogP contribution in [0.25, 0.3) is 0 Å². The van der Waals surface area contributed by atoms with Crippen molar-refractivity contribution in [2.24, 2.45) is 0 Å². The molecule has 6 heteroatoms. The Kier molecular flexibility index (Phi) is 3.99. The Hall–Kier alpha value is -1.10. The van der Waals surface area contributed by atoms with Crippen molar-refractivity contribution in [2.75, 3.05) is 12.9 Å². The highest BCUT2D eigenvalue weighted by atomic mass is 35.5. The van der Waals surface area contributed by atoms with E-state index in [9.17, 15) is 4.79 Å². The molecule has 1 aliphatic rings. The molecule has 5 nitrogen and oxygen atoms in total. The third-order valence-corrected chi connectivity index (χ3v) is 3.33. The Bertz CT molecular complexity index is 404. The molecule has 1 amide bonds. The van der Waals surface area contributed by atoms with E-state index in [2.05, 4.69) is 14.8 Å². The predicted molar refractivity (Wildman–Crippen MR) is 64.8 cm³/mol. The van der Waals surface area contributed by atoms with Crippen molar-refractivity contribution >= 4 is 17.5 Å². The lowest BCUT2D eigenvalue weighted by Crippen LogP contribution is -2.28. The molecule has 0 atom stereocenters. The van der Waals surface area contributed by atoms with Gasteiger partial charge in [-0.25, -0.2) is 0 Å². The van der Waals surface area contributed by atoms with Gasteiger partial charge in [-0.05, 0) is 12.8 Å². The SMILES string of the molecule is CN(Cc1nnc2n1CCCCC2)C(=O)CCl. The predicted octanol–water partition coefficient (Wildman–Crippen LogP) is 1.20.